The summed E-state index contributed by atoms with van der Waals surface area (Å²) < 4.78 is 27.3. The van der Waals surface area contributed by atoms with E-state index in [1.165, 1.54) is 0 Å². The number of thiophene rings is 1. The smallest absolute Gasteiger partial charge is 0.168 e. The predicted molar refractivity (Wildman–Crippen MR) is 79.2 cm³/mol. The maximum absolute atomic E-state index is 13.8. The highest BCUT2D eigenvalue weighted by Crippen LogP contribution is 2.30. The Kier molecular flexibility index (Phi) is 4.54. The fraction of sp³-hybridized carbons (Fsp3) is 0.357. The van der Waals surface area contributed by atoms with Gasteiger partial charge in [0.15, 0.2) is 23.3 Å². The highest BCUT2D eigenvalue weighted by atomic mass is 32.1. The van der Waals surface area contributed by atoms with Crippen LogP contribution in [0.3, 0.4) is 0 Å². The lowest BCUT2D eigenvalue weighted by atomic mass is 10.0. The Morgan fingerprint density at radius 3 is 2.45 bits per heavy atom. The zero-order valence-electron chi connectivity index (χ0n) is 11.6. The van der Waals surface area contributed by atoms with Crippen molar-refractivity contribution in [2.24, 2.45) is 5.92 Å². The van der Waals surface area contributed by atoms with Crippen LogP contribution in [0.5, 0.6) is 0 Å². The molecular weight excluding hydrogens is 280 g/mol. The van der Waals surface area contributed by atoms with Gasteiger partial charge in [-0.3, -0.25) is 0 Å². The lowest BCUT2D eigenvalue weighted by Crippen LogP contribution is -2.18. The number of halogens is 2. The molecule has 0 amide bonds. The quantitative estimate of drug-likeness (QED) is 0.865. The van der Waals surface area contributed by atoms with Gasteiger partial charge in [0.2, 0.25) is 0 Å². The summed E-state index contributed by atoms with van der Waals surface area (Å²) in [6, 6.07) is 4.72. The molecule has 3 nitrogen and oxygen atoms in total. The van der Waals surface area contributed by atoms with Gasteiger partial charge >= 0.3 is 0 Å². The van der Waals surface area contributed by atoms with Gasteiger partial charge < -0.3 is 10.6 Å². The first-order valence-corrected chi connectivity index (χ1v) is 7.24. The van der Waals surface area contributed by atoms with Crippen molar-refractivity contribution < 1.29 is 8.78 Å². The summed E-state index contributed by atoms with van der Waals surface area (Å²) in [6.45, 7) is 4.08. The van der Waals surface area contributed by atoms with Gasteiger partial charge in [-0.15, -0.1) is 11.3 Å². The molecule has 0 spiro atoms. The first-order chi connectivity index (χ1) is 9.52. The van der Waals surface area contributed by atoms with Crippen molar-refractivity contribution in [2.75, 3.05) is 17.7 Å². The highest BCUT2D eigenvalue weighted by Gasteiger charge is 2.20. The van der Waals surface area contributed by atoms with E-state index in [4.69, 9.17) is 0 Å². The van der Waals surface area contributed by atoms with E-state index < -0.39 is 11.6 Å². The Labute approximate surface area is 121 Å². The molecular formula is C14H17F2N3S. The lowest BCUT2D eigenvalue weighted by Gasteiger charge is -2.22. The maximum atomic E-state index is 13.8. The molecule has 0 saturated heterocycles. The molecule has 2 rings (SSSR count). The summed E-state index contributed by atoms with van der Waals surface area (Å²) in [5, 5.41) is 7.65. The molecule has 0 bridgehead atoms. The van der Waals surface area contributed by atoms with Crippen LogP contribution in [-0.2, 0) is 0 Å². The molecule has 2 N–H and O–H groups in total. The Balaban J connectivity index is 2.32. The van der Waals surface area contributed by atoms with E-state index in [1.807, 2.05) is 31.4 Å². The molecule has 0 aliphatic heterocycles. The third-order valence-electron chi connectivity index (χ3n) is 2.97. The van der Waals surface area contributed by atoms with E-state index >= 15 is 0 Å². The number of nitrogens with one attached hydrogen (secondary N) is 2. The first-order valence-electron chi connectivity index (χ1n) is 6.36. The van der Waals surface area contributed by atoms with E-state index in [9.17, 15) is 8.78 Å². The summed E-state index contributed by atoms with van der Waals surface area (Å²) in [5.41, 5.74) is 0. The molecule has 0 aliphatic carbocycles. The highest BCUT2D eigenvalue weighted by molar-refractivity contribution is 7.10. The van der Waals surface area contributed by atoms with Crippen molar-refractivity contribution in [3.05, 3.63) is 40.1 Å². The van der Waals surface area contributed by atoms with Gasteiger partial charge in [-0.1, -0.05) is 19.9 Å². The molecule has 2 aromatic heterocycles. The second kappa shape index (κ2) is 6.17. The SMILES string of the molecule is CNc1nc(NC(c2cccs2)C(C)C)c(F)cc1F. The molecule has 108 valence electrons. The molecule has 2 aromatic rings. The summed E-state index contributed by atoms with van der Waals surface area (Å²) in [7, 11) is 1.55. The van der Waals surface area contributed by atoms with Crippen LogP contribution in [0.4, 0.5) is 20.4 Å². The largest absolute Gasteiger partial charge is 0.371 e. The molecule has 0 radical (unpaired) electrons. The predicted octanol–water partition coefficient (Wildman–Crippen LogP) is 4.27. The van der Waals surface area contributed by atoms with Crippen LogP contribution in [0.25, 0.3) is 0 Å². The Bertz CT molecular complexity index is 570. The molecule has 2 heterocycles. The summed E-state index contributed by atoms with van der Waals surface area (Å²) in [4.78, 5) is 5.05. The van der Waals surface area contributed by atoms with E-state index in [1.54, 1.807) is 18.4 Å². The van der Waals surface area contributed by atoms with Crippen LogP contribution < -0.4 is 10.6 Å². The molecule has 0 saturated carbocycles. The Morgan fingerprint density at radius 1 is 1.20 bits per heavy atom. The second-order valence-corrected chi connectivity index (χ2v) is 5.76. The second-order valence-electron chi connectivity index (χ2n) is 4.78. The minimum absolute atomic E-state index is 0.0302. The lowest BCUT2D eigenvalue weighted by molar-refractivity contribution is 0.538. The van der Waals surface area contributed by atoms with Crippen LogP contribution in [0.15, 0.2) is 23.6 Å². The van der Waals surface area contributed by atoms with Gasteiger partial charge in [-0.2, -0.15) is 0 Å². The van der Waals surface area contributed by atoms with Crippen LogP contribution in [0.2, 0.25) is 0 Å². The summed E-state index contributed by atoms with van der Waals surface area (Å²) in [5.74, 6) is -1.06. The number of rotatable bonds is 5. The average Bonchev–Trinajstić information content (AvgIpc) is 2.91. The number of nitrogens with zero attached hydrogens (tertiary/aromatic N) is 1. The van der Waals surface area contributed by atoms with Gasteiger partial charge in [0.25, 0.3) is 0 Å². The van der Waals surface area contributed by atoms with E-state index in [-0.39, 0.29) is 23.6 Å². The van der Waals surface area contributed by atoms with Gasteiger partial charge in [-0.25, -0.2) is 13.8 Å². The summed E-state index contributed by atoms with van der Waals surface area (Å²) >= 11 is 1.60. The molecule has 0 fully saturated rings. The average molecular weight is 297 g/mol. The fourth-order valence-electron chi connectivity index (χ4n) is 1.92. The standard InChI is InChI=1S/C14H17F2N3S/c1-8(2)12(11-5-4-6-20-11)18-14-10(16)7-9(15)13(17-3)19-14/h4-8,12H,1-3H3,(H2,17,18,19). The maximum Gasteiger partial charge on any atom is 0.168 e. The van der Waals surface area contributed by atoms with Crippen molar-refractivity contribution in [3.8, 4) is 0 Å². The van der Waals surface area contributed by atoms with E-state index in [2.05, 4.69) is 15.6 Å². The van der Waals surface area contributed by atoms with Crippen molar-refractivity contribution in [1.82, 2.24) is 4.98 Å². The number of anilines is 2. The first kappa shape index (κ1) is 14.7. The Hall–Kier alpha value is -1.69. The van der Waals surface area contributed by atoms with Crippen molar-refractivity contribution >= 4 is 23.0 Å². The van der Waals surface area contributed by atoms with Gasteiger partial charge in [0.05, 0.1) is 6.04 Å². The fourth-order valence-corrected chi connectivity index (χ4v) is 2.87. The van der Waals surface area contributed by atoms with Crippen molar-refractivity contribution in [2.45, 2.75) is 19.9 Å². The monoisotopic (exact) mass is 297 g/mol. The third-order valence-corrected chi connectivity index (χ3v) is 3.93. The van der Waals surface area contributed by atoms with Crippen LogP contribution in [0.1, 0.15) is 24.8 Å². The van der Waals surface area contributed by atoms with Crippen molar-refractivity contribution in [3.63, 3.8) is 0 Å². The minimum Gasteiger partial charge on any atom is -0.371 e. The number of aromatic nitrogens is 1. The topological polar surface area (TPSA) is 37.0 Å². The van der Waals surface area contributed by atoms with Gasteiger partial charge in [0, 0.05) is 18.0 Å². The molecule has 6 heteroatoms. The van der Waals surface area contributed by atoms with Crippen LogP contribution >= 0.6 is 11.3 Å². The summed E-state index contributed by atoms with van der Waals surface area (Å²) in [6.07, 6.45) is 0. The number of pyridine rings is 1. The Morgan fingerprint density at radius 2 is 1.90 bits per heavy atom. The number of hydrogen-bond acceptors (Lipinski definition) is 4. The van der Waals surface area contributed by atoms with E-state index in [0.717, 1.165) is 10.9 Å². The molecule has 20 heavy (non-hydrogen) atoms. The molecule has 1 unspecified atom stereocenters. The van der Waals surface area contributed by atoms with Crippen molar-refractivity contribution in [1.29, 1.82) is 0 Å². The number of hydrogen-bond donors (Lipinski definition) is 2. The zero-order chi connectivity index (χ0) is 14.7. The van der Waals surface area contributed by atoms with Crippen LogP contribution in [0, 0.1) is 17.6 Å². The van der Waals surface area contributed by atoms with Crippen LogP contribution in [-0.4, -0.2) is 12.0 Å². The third kappa shape index (κ3) is 3.07. The zero-order valence-corrected chi connectivity index (χ0v) is 12.4. The van der Waals surface area contributed by atoms with Gasteiger partial charge in [-0.05, 0) is 17.4 Å². The van der Waals surface area contributed by atoms with Gasteiger partial charge in [0.1, 0.15) is 0 Å². The minimum atomic E-state index is -0.701. The van der Waals surface area contributed by atoms with E-state index in [0.29, 0.717) is 0 Å². The molecule has 0 aliphatic rings. The molecule has 1 atom stereocenters. The molecule has 0 aromatic carbocycles. The normalized spacial score (nSPS) is 12.5.